The number of aromatic hydroxyl groups is 1. The highest BCUT2D eigenvalue weighted by Gasteiger charge is 2.29. The van der Waals surface area contributed by atoms with Crippen LogP contribution in [-0.4, -0.2) is 25.8 Å². The van der Waals surface area contributed by atoms with Gasteiger partial charge in [0, 0.05) is 17.3 Å². The van der Waals surface area contributed by atoms with Crippen molar-refractivity contribution in [2.24, 2.45) is 5.73 Å². The molecule has 1 aromatic carbocycles. The summed E-state index contributed by atoms with van der Waals surface area (Å²) in [5.74, 6) is 0.414. The summed E-state index contributed by atoms with van der Waals surface area (Å²) in [5.41, 5.74) is 8.70. The van der Waals surface area contributed by atoms with Crippen molar-refractivity contribution in [1.29, 1.82) is 0 Å². The first-order valence-corrected chi connectivity index (χ1v) is 8.25. The van der Waals surface area contributed by atoms with E-state index in [1.807, 2.05) is 30.3 Å². The van der Waals surface area contributed by atoms with Crippen molar-refractivity contribution in [3.05, 3.63) is 71.0 Å². The summed E-state index contributed by atoms with van der Waals surface area (Å²) >= 11 is 0. The van der Waals surface area contributed by atoms with E-state index in [2.05, 4.69) is 10.1 Å². The first kappa shape index (κ1) is 15.4. The number of carbonyl (C=O) groups is 1. The molecular formula is C19H18N4O2. The van der Waals surface area contributed by atoms with E-state index >= 15 is 0 Å². The predicted octanol–water partition coefficient (Wildman–Crippen LogP) is 2.34. The van der Waals surface area contributed by atoms with Crippen LogP contribution in [0.25, 0.3) is 5.82 Å². The summed E-state index contributed by atoms with van der Waals surface area (Å²) in [6, 6.07) is 12.9. The molecule has 1 atom stereocenters. The average molecular weight is 334 g/mol. The van der Waals surface area contributed by atoms with E-state index < -0.39 is 5.91 Å². The molecule has 2 heterocycles. The molecule has 0 radical (unpaired) electrons. The Balaban J connectivity index is 1.71. The van der Waals surface area contributed by atoms with E-state index in [9.17, 15) is 9.90 Å². The van der Waals surface area contributed by atoms with Crippen LogP contribution in [0.4, 0.5) is 0 Å². The molecule has 4 rings (SSSR count). The molecule has 1 amide bonds. The van der Waals surface area contributed by atoms with E-state index in [0.29, 0.717) is 17.8 Å². The van der Waals surface area contributed by atoms with Crippen molar-refractivity contribution in [2.75, 3.05) is 0 Å². The summed E-state index contributed by atoms with van der Waals surface area (Å²) < 4.78 is 1.48. The fourth-order valence-corrected chi connectivity index (χ4v) is 3.54. The van der Waals surface area contributed by atoms with Crippen molar-refractivity contribution in [3.8, 4) is 11.7 Å². The molecule has 0 aliphatic heterocycles. The number of rotatable bonds is 3. The molecule has 0 bridgehead atoms. The quantitative estimate of drug-likeness (QED) is 0.769. The van der Waals surface area contributed by atoms with Gasteiger partial charge in [0.15, 0.2) is 5.82 Å². The number of aryl methyl sites for hydroxylation is 1. The number of carbonyl (C=O) groups excluding carboxylic acids is 1. The maximum Gasteiger partial charge on any atom is 0.248 e. The molecule has 3 N–H and O–H groups in total. The first-order chi connectivity index (χ1) is 12.1. The zero-order valence-corrected chi connectivity index (χ0v) is 13.6. The van der Waals surface area contributed by atoms with Crippen molar-refractivity contribution in [3.63, 3.8) is 0 Å². The third-order valence-corrected chi connectivity index (χ3v) is 4.75. The number of hydrogen-bond donors (Lipinski definition) is 2. The fraction of sp³-hybridized carbons (Fsp3) is 0.211. The Hall–Kier alpha value is -3.15. The largest absolute Gasteiger partial charge is 0.493 e. The SMILES string of the molecule is NC(=O)c1ccccc1C1CCc2nn(-c3ccccn3)c(O)c2C1. The van der Waals surface area contributed by atoms with Crippen LogP contribution in [-0.2, 0) is 12.8 Å². The lowest BCUT2D eigenvalue weighted by molar-refractivity contribution is 0.0999. The highest BCUT2D eigenvalue weighted by molar-refractivity contribution is 5.94. The first-order valence-electron chi connectivity index (χ1n) is 8.25. The molecule has 6 nitrogen and oxygen atoms in total. The van der Waals surface area contributed by atoms with Gasteiger partial charge in [-0.05, 0) is 48.9 Å². The maximum absolute atomic E-state index is 11.7. The van der Waals surface area contributed by atoms with Gasteiger partial charge in [-0.1, -0.05) is 24.3 Å². The Kier molecular flexibility index (Phi) is 3.72. The van der Waals surface area contributed by atoms with Crippen LogP contribution in [0.15, 0.2) is 48.7 Å². The molecule has 3 aromatic rings. The zero-order valence-electron chi connectivity index (χ0n) is 13.6. The van der Waals surface area contributed by atoms with Gasteiger partial charge in [0.1, 0.15) is 0 Å². The van der Waals surface area contributed by atoms with Gasteiger partial charge >= 0.3 is 0 Å². The minimum Gasteiger partial charge on any atom is -0.493 e. The summed E-state index contributed by atoms with van der Waals surface area (Å²) in [4.78, 5) is 16.0. The number of primary amides is 1. The Bertz CT molecular complexity index is 934. The second-order valence-corrected chi connectivity index (χ2v) is 6.24. The van der Waals surface area contributed by atoms with Gasteiger partial charge in [-0.3, -0.25) is 4.79 Å². The van der Waals surface area contributed by atoms with Crippen LogP contribution < -0.4 is 5.73 Å². The lowest BCUT2D eigenvalue weighted by Crippen LogP contribution is -2.19. The standard InChI is InChI=1S/C19H18N4O2/c20-18(24)14-6-2-1-5-13(14)12-8-9-16-15(11-12)19(25)23(22-16)17-7-3-4-10-21-17/h1-7,10,12,25H,8-9,11H2,(H2,20,24). The van der Waals surface area contributed by atoms with Crippen molar-refractivity contribution < 1.29 is 9.90 Å². The second-order valence-electron chi connectivity index (χ2n) is 6.24. The second kappa shape index (κ2) is 6.05. The van der Waals surface area contributed by atoms with Gasteiger partial charge < -0.3 is 10.8 Å². The summed E-state index contributed by atoms with van der Waals surface area (Å²) in [6.07, 6.45) is 3.89. The number of nitrogens with zero attached hydrogens (tertiary/aromatic N) is 3. The highest BCUT2D eigenvalue weighted by Crippen LogP contribution is 2.38. The van der Waals surface area contributed by atoms with Crippen LogP contribution in [0.1, 0.15) is 39.5 Å². The van der Waals surface area contributed by atoms with Crippen LogP contribution in [0, 0.1) is 0 Å². The van der Waals surface area contributed by atoms with E-state index in [0.717, 1.165) is 29.7 Å². The highest BCUT2D eigenvalue weighted by atomic mass is 16.3. The van der Waals surface area contributed by atoms with Gasteiger partial charge in [-0.2, -0.15) is 9.78 Å². The smallest absolute Gasteiger partial charge is 0.248 e. The molecule has 1 unspecified atom stereocenters. The molecule has 1 aliphatic carbocycles. The van der Waals surface area contributed by atoms with Gasteiger partial charge in [0.05, 0.1) is 5.69 Å². The van der Waals surface area contributed by atoms with Crippen molar-refractivity contribution >= 4 is 5.91 Å². The predicted molar refractivity (Wildman–Crippen MR) is 92.7 cm³/mol. The molecule has 0 saturated heterocycles. The van der Waals surface area contributed by atoms with E-state index in [1.54, 1.807) is 18.3 Å². The molecule has 0 fully saturated rings. The summed E-state index contributed by atoms with van der Waals surface area (Å²) in [6.45, 7) is 0. The van der Waals surface area contributed by atoms with Crippen molar-refractivity contribution in [1.82, 2.24) is 14.8 Å². The van der Waals surface area contributed by atoms with E-state index in [1.165, 1.54) is 4.68 Å². The van der Waals surface area contributed by atoms with Crippen LogP contribution in [0.5, 0.6) is 5.88 Å². The number of aromatic nitrogens is 3. The molecule has 1 aliphatic rings. The van der Waals surface area contributed by atoms with E-state index in [-0.39, 0.29) is 11.8 Å². The third-order valence-electron chi connectivity index (χ3n) is 4.75. The van der Waals surface area contributed by atoms with Crippen LogP contribution in [0.3, 0.4) is 0 Å². The lowest BCUT2D eigenvalue weighted by atomic mass is 9.81. The number of amides is 1. The summed E-state index contributed by atoms with van der Waals surface area (Å²) in [5, 5.41) is 15.2. The van der Waals surface area contributed by atoms with Gasteiger partial charge in [-0.25, -0.2) is 4.98 Å². The Labute approximate surface area is 144 Å². The number of benzene rings is 1. The molecule has 6 heteroatoms. The fourth-order valence-electron chi connectivity index (χ4n) is 3.54. The number of nitrogens with two attached hydrogens (primary N) is 1. The maximum atomic E-state index is 11.7. The molecule has 25 heavy (non-hydrogen) atoms. The number of pyridine rings is 1. The third kappa shape index (κ3) is 2.65. The van der Waals surface area contributed by atoms with Crippen molar-refractivity contribution in [2.45, 2.75) is 25.2 Å². The Morgan fingerprint density at radius 1 is 1.20 bits per heavy atom. The van der Waals surface area contributed by atoms with Gasteiger partial charge in [0.25, 0.3) is 0 Å². The average Bonchev–Trinajstić information content (AvgIpc) is 2.98. The minimum absolute atomic E-state index is 0.120. The summed E-state index contributed by atoms with van der Waals surface area (Å²) in [7, 11) is 0. The topological polar surface area (TPSA) is 94.0 Å². The molecule has 0 spiro atoms. The normalized spacial score (nSPS) is 16.4. The van der Waals surface area contributed by atoms with E-state index in [4.69, 9.17) is 5.73 Å². The molecule has 126 valence electrons. The Morgan fingerprint density at radius 3 is 2.76 bits per heavy atom. The van der Waals surface area contributed by atoms with Gasteiger partial charge in [-0.15, -0.1) is 0 Å². The number of fused-ring (bicyclic) bond motifs is 1. The Morgan fingerprint density at radius 2 is 2.00 bits per heavy atom. The monoisotopic (exact) mass is 334 g/mol. The number of hydrogen-bond acceptors (Lipinski definition) is 4. The minimum atomic E-state index is -0.421. The molecular weight excluding hydrogens is 316 g/mol. The molecule has 2 aromatic heterocycles. The zero-order chi connectivity index (χ0) is 17.4. The molecule has 0 saturated carbocycles. The lowest BCUT2D eigenvalue weighted by Gasteiger charge is -2.23. The van der Waals surface area contributed by atoms with Gasteiger partial charge in [0.2, 0.25) is 11.8 Å². The van der Waals surface area contributed by atoms with Crippen LogP contribution >= 0.6 is 0 Å². The van der Waals surface area contributed by atoms with Crippen LogP contribution in [0.2, 0.25) is 0 Å².